The highest BCUT2D eigenvalue weighted by Crippen LogP contribution is 2.32. The van der Waals surface area contributed by atoms with Gasteiger partial charge in [0.1, 0.15) is 5.49 Å². The molecule has 1 aromatic carbocycles. The van der Waals surface area contributed by atoms with Gasteiger partial charge in [-0.3, -0.25) is 14.4 Å². The number of sulfonamides is 1. The molecule has 31 heavy (non-hydrogen) atoms. The molecule has 168 valence electrons. The number of benzene rings is 1. The maximum absolute atomic E-state index is 13.1. The van der Waals surface area contributed by atoms with Gasteiger partial charge >= 0.3 is 0 Å². The van der Waals surface area contributed by atoms with Gasteiger partial charge in [0.05, 0.1) is 19.1 Å². The number of piperidine rings is 1. The Labute approximate surface area is 183 Å². The van der Waals surface area contributed by atoms with Crippen LogP contribution < -0.4 is 15.0 Å². The molecule has 2 heterocycles. The molecule has 9 heteroatoms. The van der Waals surface area contributed by atoms with Crippen molar-refractivity contribution in [2.24, 2.45) is 10.9 Å². The van der Waals surface area contributed by atoms with E-state index < -0.39 is 10.0 Å². The average molecular weight is 448 g/mol. The second kappa shape index (κ2) is 9.65. The molecule has 1 saturated heterocycles. The minimum absolute atomic E-state index is 0.0526. The van der Waals surface area contributed by atoms with Crippen molar-refractivity contribution in [2.75, 3.05) is 27.3 Å². The maximum atomic E-state index is 13.1. The Morgan fingerprint density at radius 3 is 2.35 bits per heavy atom. The van der Waals surface area contributed by atoms with E-state index in [4.69, 9.17) is 9.47 Å². The number of hydrogen-bond donors (Lipinski definition) is 0. The van der Waals surface area contributed by atoms with Crippen LogP contribution in [0.15, 0.2) is 52.5 Å². The van der Waals surface area contributed by atoms with Crippen LogP contribution >= 0.6 is 0 Å². The number of ether oxygens (including phenoxy) is 2. The van der Waals surface area contributed by atoms with Gasteiger partial charge in [0.15, 0.2) is 11.5 Å². The minimum atomic E-state index is -3.70. The summed E-state index contributed by atoms with van der Waals surface area (Å²) in [5, 5.41) is 0. The number of rotatable bonds is 6. The van der Waals surface area contributed by atoms with Crippen molar-refractivity contribution in [3.05, 3.63) is 48.1 Å². The highest BCUT2D eigenvalue weighted by atomic mass is 32.2. The van der Waals surface area contributed by atoms with Crippen LogP contribution in [0.2, 0.25) is 0 Å². The summed E-state index contributed by atoms with van der Waals surface area (Å²) in [5.74, 6) is 0.511. The molecule has 0 amide bonds. The molecular weight excluding hydrogens is 418 g/mol. The van der Waals surface area contributed by atoms with Crippen molar-refractivity contribution >= 4 is 15.9 Å². The predicted molar refractivity (Wildman–Crippen MR) is 117 cm³/mol. The Kier molecular flexibility index (Phi) is 7.17. The molecule has 0 spiro atoms. The monoisotopic (exact) mass is 447 g/mol. The fourth-order valence-corrected chi connectivity index (χ4v) is 5.14. The van der Waals surface area contributed by atoms with Crippen LogP contribution in [0.1, 0.15) is 31.5 Å². The summed E-state index contributed by atoms with van der Waals surface area (Å²) in [5.41, 5.74) is 0.614. The Balaban J connectivity index is 1.76. The van der Waals surface area contributed by atoms with E-state index in [-0.39, 0.29) is 35.9 Å². The minimum Gasteiger partial charge on any atom is -0.493 e. The lowest BCUT2D eigenvalue weighted by Crippen LogP contribution is -2.42. The van der Waals surface area contributed by atoms with Crippen molar-refractivity contribution in [3.8, 4) is 11.5 Å². The molecular formula is C22H29N3O5S. The fourth-order valence-electron chi connectivity index (χ4n) is 3.66. The largest absolute Gasteiger partial charge is 0.493 e. The predicted octanol–water partition coefficient (Wildman–Crippen LogP) is 2.56. The standard InChI is InChI=1S/C22H29N3O5S/c1-16(2)23-21-7-5-6-12-25(21)22(26)17-10-13-24(14-11-17)31(27,28)18-8-9-19(29-3)20(15-18)30-4/h5-9,12,15-17H,10-11,13-14H2,1-4H3. The summed E-state index contributed by atoms with van der Waals surface area (Å²) in [6.45, 7) is 4.47. The quantitative estimate of drug-likeness (QED) is 0.679. The van der Waals surface area contributed by atoms with Crippen molar-refractivity contribution in [1.29, 1.82) is 0 Å². The van der Waals surface area contributed by atoms with Crippen LogP contribution in [0.25, 0.3) is 0 Å². The third-order valence-corrected chi connectivity index (χ3v) is 7.16. The van der Waals surface area contributed by atoms with E-state index in [1.807, 2.05) is 26.0 Å². The molecule has 0 atom stereocenters. The Morgan fingerprint density at radius 1 is 1.06 bits per heavy atom. The number of pyridine rings is 1. The zero-order chi connectivity index (χ0) is 22.6. The molecule has 0 aliphatic carbocycles. The molecule has 8 nitrogen and oxygen atoms in total. The van der Waals surface area contributed by atoms with E-state index in [0.717, 1.165) is 0 Å². The molecule has 0 unspecified atom stereocenters. The normalized spacial score (nSPS) is 16.5. The summed E-state index contributed by atoms with van der Waals surface area (Å²) in [6.07, 6.45) is 2.62. The number of carbonyl (C=O) groups is 1. The van der Waals surface area contributed by atoms with Gasteiger partial charge in [-0.15, -0.1) is 0 Å². The van der Waals surface area contributed by atoms with Gasteiger partial charge in [-0.25, -0.2) is 8.42 Å². The molecule has 2 aromatic rings. The Hall–Kier alpha value is -2.65. The summed E-state index contributed by atoms with van der Waals surface area (Å²) in [7, 11) is -0.733. The van der Waals surface area contributed by atoms with E-state index >= 15 is 0 Å². The van der Waals surface area contributed by atoms with E-state index in [2.05, 4.69) is 4.99 Å². The zero-order valence-corrected chi connectivity index (χ0v) is 19.1. The van der Waals surface area contributed by atoms with Crippen LogP contribution in [0.3, 0.4) is 0 Å². The van der Waals surface area contributed by atoms with Crippen molar-refractivity contribution in [2.45, 2.75) is 37.6 Å². The maximum Gasteiger partial charge on any atom is 0.243 e. The lowest BCUT2D eigenvalue weighted by atomic mass is 9.97. The van der Waals surface area contributed by atoms with E-state index in [9.17, 15) is 13.2 Å². The Morgan fingerprint density at radius 2 is 1.74 bits per heavy atom. The van der Waals surface area contributed by atoms with Gasteiger partial charge in [-0.2, -0.15) is 4.31 Å². The summed E-state index contributed by atoms with van der Waals surface area (Å²) in [6, 6.07) is 10.1. The smallest absolute Gasteiger partial charge is 0.243 e. The number of nitrogens with zero attached hydrogens (tertiary/aromatic N) is 3. The highest BCUT2D eigenvalue weighted by Gasteiger charge is 2.33. The summed E-state index contributed by atoms with van der Waals surface area (Å²) >= 11 is 0. The number of carbonyl (C=O) groups excluding carboxylic acids is 1. The third kappa shape index (κ3) is 4.99. The van der Waals surface area contributed by atoms with Gasteiger partial charge in [0, 0.05) is 37.3 Å². The van der Waals surface area contributed by atoms with Crippen molar-refractivity contribution < 1.29 is 22.7 Å². The van der Waals surface area contributed by atoms with Gasteiger partial charge < -0.3 is 9.47 Å². The molecule has 0 N–H and O–H groups in total. The fraction of sp³-hybridized carbons (Fsp3) is 0.455. The number of methoxy groups -OCH3 is 2. The first kappa shape index (κ1) is 23.0. The number of aromatic nitrogens is 1. The molecule has 0 bridgehead atoms. The SMILES string of the molecule is COc1ccc(S(=O)(=O)N2CCC(C(=O)n3ccccc3=NC(C)C)CC2)cc1OC. The van der Waals surface area contributed by atoms with Gasteiger partial charge in [-0.1, -0.05) is 6.07 Å². The van der Waals surface area contributed by atoms with Crippen molar-refractivity contribution in [1.82, 2.24) is 8.87 Å². The Bertz CT molecular complexity index is 1100. The van der Waals surface area contributed by atoms with Crippen LogP contribution in [-0.2, 0) is 10.0 Å². The first-order valence-electron chi connectivity index (χ1n) is 10.3. The third-order valence-electron chi connectivity index (χ3n) is 5.26. The second-order valence-electron chi connectivity index (χ2n) is 7.69. The molecule has 0 saturated carbocycles. The topological polar surface area (TPSA) is 90.2 Å². The van der Waals surface area contributed by atoms with Crippen LogP contribution in [0, 0.1) is 5.92 Å². The van der Waals surface area contributed by atoms with E-state index in [1.54, 1.807) is 22.9 Å². The van der Waals surface area contributed by atoms with Crippen LogP contribution in [0.5, 0.6) is 11.5 Å². The van der Waals surface area contributed by atoms with E-state index in [1.165, 1.54) is 30.7 Å². The van der Waals surface area contributed by atoms with Gasteiger partial charge in [0.25, 0.3) is 0 Å². The average Bonchev–Trinajstić information content (AvgIpc) is 2.78. The lowest BCUT2D eigenvalue weighted by molar-refractivity contribution is 0.0781. The molecule has 1 aliphatic rings. The van der Waals surface area contributed by atoms with Crippen molar-refractivity contribution in [3.63, 3.8) is 0 Å². The molecule has 0 radical (unpaired) electrons. The van der Waals surface area contributed by atoms with Gasteiger partial charge in [-0.05, 0) is 51.0 Å². The number of hydrogen-bond acceptors (Lipinski definition) is 6. The van der Waals surface area contributed by atoms with E-state index in [0.29, 0.717) is 29.8 Å². The zero-order valence-electron chi connectivity index (χ0n) is 18.3. The van der Waals surface area contributed by atoms with Crippen LogP contribution in [0.4, 0.5) is 0 Å². The summed E-state index contributed by atoms with van der Waals surface area (Å²) < 4.78 is 39.6. The molecule has 1 aliphatic heterocycles. The first-order valence-corrected chi connectivity index (χ1v) is 11.7. The summed E-state index contributed by atoms with van der Waals surface area (Å²) in [4.78, 5) is 17.7. The van der Waals surface area contributed by atoms with Gasteiger partial charge in [0.2, 0.25) is 15.9 Å². The lowest BCUT2D eigenvalue weighted by Gasteiger charge is -2.30. The molecule has 1 aromatic heterocycles. The molecule has 1 fully saturated rings. The molecule has 3 rings (SSSR count). The highest BCUT2D eigenvalue weighted by molar-refractivity contribution is 7.89. The van der Waals surface area contributed by atoms with Crippen LogP contribution in [-0.4, -0.2) is 56.5 Å². The first-order chi connectivity index (χ1) is 14.8. The second-order valence-corrected chi connectivity index (χ2v) is 9.62.